The van der Waals surface area contributed by atoms with Gasteiger partial charge in [-0.3, -0.25) is 14.4 Å². The van der Waals surface area contributed by atoms with Gasteiger partial charge in [0.15, 0.2) is 0 Å². The number of carbonyl (C=O) groups excluding carboxylic acids is 3. The van der Waals surface area contributed by atoms with E-state index in [1.165, 1.54) is 6.42 Å². The molecule has 2 aliphatic carbocycles. The molecule has 1 aromatic rings. The van der Waals surface area contributed by atoms with Crippen LogP contribution in [0.25, 0.3) is 0 Å². The lowest BCUT2D eigenvalue weighted by molar-refractivity contribution is -0.145. The van der Waals surface area contributed by atoms with Crippen LogP contribution in [0, 0.1) is 23.7 Å². The number of nitrogens with one attached hydrogen (secondary N) is 1. The summed E-state index contributed by atoms with van der Waals surface area (Å²) in [6, 6.07) is 7.09. The molecule has 2 saturated carbocycles. The second-order valence-electron chi connectivity index (χ2n) is 8.34. The molecule has 2 bridgehead atoms. The van der Waals surface area contributed by atoms with Crippen LogP contribution in [-0.4, -0.2) is 41.9 Å². The van der Waals surface area contributed by atoms with Crippen molar-refractivity contribution in [2.75, 3.05) is 18.4 Å². The van der Waals surface area contributed by atoms with E-state index in [2.05, 4.69) is 5.32 Å². The Hall–Kier alpha value is -2.37. The monoisotopic (exact) mass is 368 g/mol. The lowest BCUT2D eigenvalue weighted by Gasteiger charge is -2.26. The van der Waals surface area contributed by atoms with Gasteiger partial charge in [0.1, 0.15) is 6.10 Å². The molecule has 2 heterocycles. The Morgan fingerprint density at radius 2 is 1.78 bits per heavy atom. The molecule has 27 heavy (non-hydrogen) atoms. The van der Waals surface area contributed by atoms with Gasteiger partial charge in [0.2, 0.25) is 5.91 Å². The number of benzene rings is 1. The minimum absolute atomic E-state index is 0.0385. The van der Waals surface area contributed by atoms with E-state index in [9.17, 15) is 14.4 Å². The van der Waals surface area contributed by atoms with Crippen LogP contribution in [0.1, 0.15) is 42.5 Å². The third-order valence-corrected chi connectivity index (χ3v) is 6.83. The molecule has 2 aliphatic heterocycles. The summed E-state index contributed by atoms with van der Waals surface area (Å²) in [7, 11) is 0. The van der Waals surface area contributed by atoms with Crippen molar-refractivity contribution in [2.24, 2.45) is 23.7 Å². The van der Waals surface area contributed by atoms with Crippen LogP contribution in [0.3, 0.4) is 0 Å². The highest BCUT2D eigenvalue weighted by atomic mass is 16.6. The summed E-state index contributed by atoms with van der Waals surface area (Å²) in [5, 5.41) is 2.95. The molecule has 0 unspecified atom stereocenters. The molecule has 2 saturated heterocycles. The molecule has 6 nitrogen and oxygen atoms in total. The summed E-state index contributed by atoms with van der Waals surface area (Å²) in [5.74, 6) is -0.322. The zero-order valence-corrected chi connectivity index (χ0v) is 15.2. The zero-order chi connectivity index (χ0) is 18.5. The minimum Gasteiger partial charge on any atom is -0.462 e. The summed E-state index contributed by atoms with van der Waals surface area (Å²) < 4.78 is 5.41. The minimum atomic E-state index is -0.282. The van der Waals surface area contributed by atoms with Crippen molar-refractivity contribution in [3.8, 4) is 0 Å². The zero-order valence-electron chi connectivity index (χ0n) is 15.2. The number of likely N-dealkylation sites (tertiary alicyclic amines) is 1. The first-order chi connectivity index (χ1) is 13.1. The fourth-order valence-corrected chi connectivity index (χ4v) is 5.56. The van der Waals surface area contributed by atoms with Crippen molar-refractivity contribution in [2.45, 2.75) is 38.2 Å². The van der Waals surface area contributed by atoms with Gasteiger partial charge < -0.3 is 15.0 Å². The van der Waals surface area contributed by atoms with Crippen molar-refractivity contribution in [1.82, 2.24) is 4.90 Å². The highest BCUT2D eigenvalue weighted by molar-refractivity contribution is 5.98. The average Bonchev–Trinajstić information content (AvgIpc) is 3.31. The van der Waals surface area contributed by atoms with Crippen LogP contribution < -0.4 is 5.32 Å². The van der Waals surface area contributed by atoms with Gasteiger partial charge in [-0.05, 0) is 62.3 Å². The van der Waals surface area contributed by atoms with Gasteiger partial charge in [0, 0.05) is 30.3 Å². The van der Waals surface area contributed by atoms with Crippen molar-refractivity contribution in [3.05, 3.63) is 29.8 Å². The molecule has 0 radical (unpaired) electrons. The highest BCUT2D eigenvalue weighted by Gasteiger charge is 2.63. The molecule has 4 aliphatic rings. The molecular formula is C21H24N2O4. The Morgan fingerprint density at radius 3 is 2.52 bits per heavy atom. The van der Waals surface area contributed by atoms with Gasteiger partial charge in [0.25, 0.3) is 5.91 Å². The van der Waals surface area contributed by atoms with E-state index in [0.29, 0.717) is 11.3 Å². The van der Waals surface area contributed by atoms with Crippen LogP contribution in [0.5, 0.6) is 0 Å². The predicted molar refractivity (Wildman–Crippen MR) is 97.9 cm³/mol. The third-order valence-electron chi connectivity index (χ3n) is 6.83. The van der Waals surface area contributed by atoms with Crippen molar-refractivity contribution >= 4 is 23.5 Å². The fourth-order valence-electron chi connectivity index (χ4n) is 5.56. The number of hydrogen-bond donors (Lipinski definition) is 1. The van der Waals surface area contributed by atoms with Crippen LogP contribution in [0.15, 0.2) is 24.3 Å². The predicted octanol–water partition coefficient (Wildman–Crippen LogP) is 2.45. The Morgan fingerprint density at radius 1 is 1.04 bits per heavy atom. The summed E-state index contributed by atoms with van der Waals surface area (Å²) in [6.45, 7) is 1.64. The quantitative estimate of drug-likeness (QED) is 0.832. The van der Waals surface area contributed by atoms with E-state index < -0.39 is 0 Å². The molecule has 142 valence electrons. The first-order valence-electron chi connectivity index (χ1n) is 10.0. The van der Waals surface area contributed by atoms with E-state index in [4.69, 9.17) is 4.74 Å². The van der Waals surface area contributed by atoms with E-state index in [1.807, 2.05) is 4.90 Å². The number of fused-ring (bicyclic) bond motifs is 1. The first kappa shape index (κ1) is 16.8. The Bertz CT molecular complexity index is 782. The largest absolute Gasteiger partial charge is 0.462 e. The normalized spacial score (nSPS) is 33.9. The van der Waals surface area contributed by atoms with Crippen LogP contribution >= 0.6 is 0 Å². The number of hydrogen-bond acceptors (Lipinski definition) is 4. The third kappa shape index (κ3) is 2.73. The summed E-state index contributed by atoms with van der Waals surface area (Å²) in [4.78, 5) is 39.3. The van der Waals surface area contributed by atoms with Crippen molar-refractivity contribution < 1.29 is 19.1 Å². The molecular weight excluding hydrogens is 344 g/mol. The summed E-state index contributed by atoms with van der Waals surface area (Å²) in [6.07, 6.45) is 5.09. The number of ether oxygens (including phenoxy) is 1. The molecule has 0 spiro atoms. The SMILES string of the molecule is O=C1O[C@@H]2C[C@H]3C[C@@H]2[C@@H]1[C@H]3C(=O)Nc1ccc(C(=O)N2CCCCC2)cc1. The Labute approximate surface area is 158 Å². The van der Waals surface area contributed by atoms with E-state index in [-0.39, 0.29) is 47.6 Å². The van der Waals surface area contributed by atoms with E-state index in [0.717, 1.165) is 38.8 Å². The van der Waals surface area contributed by atoms with Gasteiger partial charge in [0.05, 0.1) is 11.8 Å². The van der Waals surface area contributed by atoms with Crippen molar-refractivity contribution in [3.63, 3.8) is 0 Å². The number of piperidine rings is 1. The molecule has 0 aromatic heterocycles. The maximum Gasteiger partial charge on any atom is 0.310 e. The topological polar surface area (TPSA) is 75.7 Å². The van der Waals surface area contributed by atoms with Gasteiger partial charge in [-0.15, -0.1) is 0 Å². The molecule has 5 atom stereocenters. The number of rotatable bonds is 3. The van der Waals surface area contributed by atoms with Gasteiger partial charge >= 0.3 is 5.97 Å². The second kappa shape index (κ2) is 6.36. The molecule has 1 aromatic carbocycles. The highest BCUT2D eigenvalue weighted by Crippen LogP contribution is 2.57. The number of nitrogens with zero attached hydrogens (tertiary/aromatic N) is 1. The number of carbonyl (C=O) groups is 3. The molecule has 1 N–H and O–H groups in total. The standard InChI is InChI=1S/C21H24N2O4/c24-19(17-13-10-15-16(11-13)27-21(26)18(15)17)22-14-6-4-12(5-7-14)20(25)23-8-2-1-3-9-23/h4-7,13,15-18H,1-3,8-11H2,(H,22,24)/t13-,15+,16-,17+,18-/m1/s1. The number of anilines is 1. The molecule has 4 fully saturated rings. The van der Waals surface area contributed by atoms with Gasteiger partial charge in [-0.2, -0.15) is 0 Å². The maximum atomic E-state index is 12.8. The Balaban J connectivity index is 1.25. The summed E-state index contributed by atoms with van der Waals surface area (Å²) in [5.41, 5.74) is 1.32. The average molecular weight is 368 g/mol. The Kier molecular flexibility index (Phi) is 3.95. The summed E-state index contributed by atoms with van der Waals surface area (Å²) >= 11 is 0. The number of esters is 1. The van der Waals surface area contributed by atoms with Gasteiger partial charge in [-0.25, -0.2) is 0 Å². The second-order valence-corrected chi connectivity index (χ2v) is 8.34. The van der Waals surface area contributed by atoms with E-state index >= 15 is 0 Å². The van der Waals surface area contributed by atoms with Gasteiger partial charge in [-0.1, -0.05) is 0 Å². The number of amides is 2. The van der Waals surface area contributed by atoms with E-state index in [1.54, 1.807) is 24.3 Å². The first-order valence-corrected chi connectivity index (χ1v) is 10.0. The lowest BCUT2D eigenvalue weighted by atomic mass is 9.79. The molecule has 2 amide bonds. The lowest BCUT2D eigenvalue weighted by Crippen LogP contribution is -2.36. The van der Waals surface area contributed by atoms with Crippen LogP contribution in [-0.2, 0) is 14.3 Å². The van der Waals surface area contributed by atoms with Crippen LogP contribution in [0.4, 0.5) is 5.69 Å². The van der Waals surface area contributed by atoms with Crippen molar-refractivity contribution in [1.29, 1.82) is 0 Å². The molecule has 6 heteroatoms. The smallest absolute Gasteiger partial charge is 0.310 e. The van der Waals surface area contributed by atoms with Crippen LogP contribution in [0.2, 0.25) is 0 Å². The fraction of sp³-hybridized carbons (Fsp3) is 0.571. The maximum absolute atomic E-state index is 12.8. The molecule has 5 rings (SSSR count).